The van der Waals surface area contributed by atoms with Crippen LogP contribution in [-0.2, 0) is 0 Å². The maximum atomic E-state index is 3.47. The first-order chi connectivity index (χ1) is 3.18. The van der Waals surface area contributed by atoms with E-state index in [1.165, 1.54) is 0 Å². The first-order valence-corrected chi connectivity index (χ1v) is 4.42. The lowest BCUT2D eigenvalue weighted by atomic mass is 10.2. The van der Waals surface area contributed by atoms with Crippen LogP contribution in [-0.4, -0.2) is 10.2 Å². The van der Waals surface area contributed by atoms with Gasteiger partial charge < -0.3 is 0 Å². The predicted octanol–water partition coefficient (Wildman–Crippen LogP) is 2.80. The fraction of sp³-hybridized carbons (Fsp3) is 1.00. The molecular weight excluding hydrogens is 220 g/mol. The molecule has 2 atom stereocenters. The van der Waals surface area contributed by atoms with Crippen LogP contribution in [0.1, 0.15) is 13.8 Å². The van der Waals surface area contributed by atoms with Gasteiger partial charge in [0.1, 0.15) is 0 Å². The van der Waals surface area contributed by atoms with Crippen molar-refractivity contribution in [3.63, 3.8) is 0 Å². The van der Waals surface area contributed by atoms with Gasteiger partial charge in [-0.15, -0.1) is 0 Å². The lowest BCUT2D eigenvalue weighted by Gasteiger charge is -2.07. The Morgan fingerprint density at radius 1 is 1.43 bits per heavy atom. The van der Waals surface area contributed by atoms with Gasteiger partial charge >= 0.3 is 0 Å². The van der Waals surface area contributed by atoms with Gasteiger partial charge in [-0.25, -0.2) is 0 Å². The molecule has 0 bridgehead atoms. The molecule has 2 heteroatoms. The topological polar surface area (TPSA) is 0 Å². The van der Waals surface area contributed by atoms with Gasteiger partial charge in [0.25, 0.3) is 0 Å². The van der Waals surface area contributed by atoms with E-state index in [2.05, 4.69) is 45.7 Å². The smallest absolute Gasteiger partial charge is 0.0151 e. The Morgan fingerprint density at radius 2 is 1.86 bits per heavy atom. The number of rotatable bonds is 2. The summed E-state index contributed by atoms with van der Waals surface area (Å²) in [5.41, 5.74) is 0. The minimum atomic E-state index is 0.631. The Kier molecular flexibility index (Phi) is 4.44. The molecule has 0 fully saturated rings. The van der Waals surface area contributed by atoms with Crippen molar-refractivity contribution in [2.24, 2.45) is 5.92 Å². The molecule has 0 aliphatic heterocycles. The zero-order valence-corrected chi connectivity index (χ0v) is 7.79. The molecule has 0 spiro atoms. The number of alkyl halides is 2. The van der Waals surface area contributed by atoms with Crippen molar-refractivity contribution in [3.8, 4) is 0 Å². The van der Waals surface area contributed by atoms with E-state index in [1.807, 2.05) is 0 Å². The molecule has 0 amide bonds. The normalized spacial score (nSPS) is 18.9. The first kappa shape index (κ1) is 7.96. The van der Waals surface area contributed by atoms with E-state index >= 15 is 0 Å². The first-order valence-electron chi connectivity index (χ1n) is 2.38. The molecule has 0 rings (SSSR count). The van der Waals surface area contributed by atoms with Crippen molar-refractivity contribution < 1.29 is 0 Å². The van der Waals surface area contributed by atoms with Crippen molar-refractivity contribution in [1.29, 1.82) is 0 Å². The summed E-state index contributed by atoms with van der Waals surface area (Å²) in [7, 11) is 0. The van der Waals surface area contributed by atoms with Gasteiger partial charge in [0, 0.05) is 10.2 Å². The Hall–Kier alpha value is 0.960. The highest BCUT2D eigenvalue weighted by Gasteiger charge is 2.04. The van der Waals surface area contributed by atoms with E-state index in [-0.39, 0.29) is 0 Å². The minimum absolute atomic E-state index is 0.631. The molecular formula is C5H10Br2. The number of hydrogen-bond donors (Lipinski definition) is 0. The van der Waals surface area contributed by atoms with E-state index in [0.29, 0.717) is 4.83 Å². The van der Waals surface area contributed by atoms with Crippen molar-refractivity contribution in [3.05, 3.63) is 0 Å². The summed E-state index contributed by atoms with van der Waals surface area (Å²) in [5, 5.41) is 1.08. The Labute approximate surface area is 61.9 Å². The zero-order chi connectivity index (χ0) is 5.86. The van der Waals surface area contributed by atoms with Crippen LogP contribution in [0.25, 0.3) is 0 Å². The third-order valence-electron chi connectivity index (χ3n) is 1.03. The van der Waals surface area contributed by atoms with E-state index in [4.69, 9.17) is 0 Å². The van der Waals surface area contributed by atoms with Crippen molar-refractivity contribution in [2.75, 3.05) is 5.33 Å². The molecule has 0 heterocycles. The second-order valence-corrected chi connectivity index (χ2v) is 3.90. The summed E-state index contributed by atoms with van der Waals surface area (Å²) in [4.78, 5) is 0.631. The van der Waals surface area contributed by atoms with Gasteiger partial charge in [0.05, 0.1) is 0 Å². The minimum Gasteiger partial charge on any atom is -0.0925 e. The molecule has 0 aromatic carbocycles. The van der Waals surface area contributed by atoms with Crippen LogP contribution in [0.5, 0.6) is 0 Å². The van der Waals surface area contributed by atoms with Gasteiger partial charge in [0.2, 0.25) is 0 Å². The number of halogens is 2. The Balaban J connectivity index is 3.14. The molecule has 0 aromatic rings. The molecule has 2 unspecified atom stereocenters. The third kappa shape index (κ3) is 3.53. The van der Waals surface area contributed by atoms with Crippen LogP contribution in [0.4, 0.5) is 0 Å². The van der Waals surface area contributed by atoms with Crippen molar-refractivity contribution in [1.82, 2.24) is 0 Å². The largest absolute Gasteiger partial charge is 0.0925 e. The van der Waals surface area contributed by atoms with Gasteiger partial charge in [-0.3, -0.25) is 0 Å². The quantitative estimate of drug-likeness (QED) is 0.639. The Morgan fingerprint density at radius 3 is 1.86 bits per heavy atom. The van der Waals surface area contributed by atoms with E-state index in [9.17, 15) is 0 Å². The molecule has 0 radical (unpaired) electrons. The van der Waals surface area contributed by atoms with Crippen molar-refractivity contribution >= 4 is 31.9 Å². The lowest BCUT2D eigenvalue weighted by Crippen LogP contribution is -2.06. The second kappa shape index (κ2) is 3.90. The van der Waals surface area contributed by atoms with Crippen LogP contribution in [0.2, 0.25) is 0 Å². The highest BCUT2D eigenvalue weighted by molar-refractivity contribution is 9.10. The fourth-order valence-electron chi connectivity index (χ4n) is 0.123. The highest BCUT2D eigenvalue weighted by atomic mass is 79.9. The Bertz CT molecular complexity index is 43.3. The summed E-state index contributed by atoms with van der Waals surface area (Å²) in [6, 6.07) is 0. The molecule has 0 saturated heterocycles. The van der Waals surface area contributed by atoms with Crippen LogP contribution >= 0.6 is 31.9 Å². The van der Waals surface area contributed by atoms with Gasteiger partial charge in [-0.1, -0.05) is 45.7 Å². The molecule has 0 saturated carbocycles. The monoisotopic (exact) mass is 228 g/mol. The second-order valence-electron chi connectivity index (χ2n) is 1.81. The van der Waals surface area contributed by atoms with Crippen LogP contribution in [0.3, 0.4) is 0 Å². The van der Waals surface area contributed by atoms with E-state index in [1.54, 1.807) is 0 Å². The number of hydrogen-bond acceptors (Lipinski definition) is 0. The standard InChI is InChI=1S/C5H10Br2/c1-4(3-6)5(2)7/h4-5H,3H2,1-2H3. The fourth-order valence-corrected chi connectivity index (χ4v) is 1.37. The third-order valence-corrected chi connectivity index (χ3v) is 2.95. The molecule has 0 aliphatic carbocycles. The lowest BCUT2D eigenvalue weighted by molar-refractivity contribution is 0.667. The molecule has 44 valence electrons. The van der Waals surface area contributed by atoms with Crippen LogP contribution in [0.15, 0.2) is 0 Å². The maximum Gasteiger partial charge on any atom is 0.0151 e. The molecule has 0 aromatic heterocycles. The summed E-state index contributed by atoms with van der Waals surface area (Å²) in [5.74, 6) is 0.736. The zero-order valence-electron chi connectivity index (χ0n) is 4.62. The summed E-state index contributed by atoms with van der Waals surface area (Å²) in [6.45, 7) is 4.36. The van der Waals surface area contributed by atoms with Gasteiger partial charge in [0.15, 0.2) is 0 Å². The van der Waals surface area contributed by atoms with Crippen LogP contribution < -0.4 is 0 Å². The SMILES string of the molecule is CC(Br)C(C)CBr. The van der Waals surface area contributed by atoms with E-state index in [0.717, 1.165) is 11.2 Å². The predicted molar refractivity (Wildman–Crippen MR) is 41.3 cm³/mol. The average Bonchev–Trinajstić information content (AvgIpc) is 1.65. The maximum absolute atomic E-state index is 3.47. The highest BCUT2D eigenvalue weighted by Crippen LogP contribution is 2.12. The van der Waals surface area contributed by atoms with Gasteiger partial charge in [-0.2, -0.15) is 0 Å². The molecule has 0 nitrogen and oxygen atoms in total. The van der Waals surface area contributed by atoms with Crippen molar-refractivity contribution in [2.45, 2.75) is 18.7 Å². The molecule has 7 heavy (non-hydrogen) atoms. The van der Waals surface area contributed by atoms with E-state index < -0.39 is 0 Å². The summed E-state index contributed by atoms with van der Waals surface area (Å²) < 4.78 is 0. The molecule has 0 N–H and O–H groups in total. The average molecular weight is 230 g/mol. The summed E-state index contributed by atoms with van der Waals surface area (Å²) >= 11 is 6.86. The van der Waals surface area contributed by atoms with Crippen LogP contribution in [0, 0.1) is 5.92 Å². The van der Waals surface area contributed by atoms with Gasteiger partial charge in [-0.05, 0) is 5.92 Å². The summed E-state index contributed by atoms with van der Waals surface area (Å²) in [6.07, 6.45) is 0. The molecule has 0 aliphatic rings.